The van der Waals surface area contributed by atoms with Crippen LogP contribution < -0.4 is 0 Å². The minimum atomic E-state index is -0.374. The van der Waals surface area contributed by atoms with Crippen molar-refractivity contribution in [2.75, 3.05) is 26.8 Å². The van der Waals surface area contributed by atoms with Gasteiger partial charge in [-0.1, -0.05) is 0 Å². The summed E-state index contributed by atoms with van der Waals surface area (Å²) in [4.78, 5) is 25.3. The third-order valence-corrected chi connectivity index (χ3v) is 4.10. The third kappa shape index (κ3) is 4.13. The molecule has 1 amide bonds. The number of morpholine rings is 1. The van der Waals surface area contributed by atoms with Gasteiger partial charge in [0.2, 0.25) is 0 Å². The Labute approximate surface area is 135 Å². The molecule has 7 heteroatoms. The molecule has 1 atom stereocenters. The van der Waals surface area contributed by atoms with Crippen LogP contribution in [0.1, 0.15) is 16.8 Å². The Kier molecular flexibility index (Phi) is 5.51. The molecular weight excluding hydrogens is 392 g/mol. The fraction of sp³-hybridized carbons (Fsp3) is 0.429. The zero-order valence-corrected chi connectivity index (χ0v) is 13.6. The van der Waals surface area contributed by atoms with Gasteiger partial charge in [0, 0.05) is 16.7 Å². The number of ether oxygens (including phenoxy) is 2. The fourth-order valence-corrected chi connectivity index (χ4v) is 2.84. The van der Waals surface area contributed by atoms with Crippen LogP contribution in [-0.2, 0) is 14.3 Å². The molecule has 0 aliphatic carbocycles. The highest BCUT2D eigenvalue weighted by Gasteiger charge is 2.27. The maximum Gasteiger partial charge on any atom is 0.308 e. The minimum Gasteiger partial charge on any atom is -0.469 e. The second-order valence-corrected chi connectivity index (χ2v) is 5.81. The van der Waals surface area contributed by atoms with Crippen LogP contribution in [0.3, 0.4) is 0 Å². The van der Waals surface area contributed by atoms with Crippen LogP contribution in [0.15, 0.2) is 18.2 Å². The van der Waals surface area contributed by atoms with Crippen LogP contribution in [0, 0.1) is 9.39 Å². The normalized spacial score (nSPS) is 18.4. The number of hydrogen-bond donors (Lipinski definition) is 0. The number of hydrogen-bond acceptors (Lipinski definition) is 4. The summed E-state index contributed by atoms with van der Waals surface area (Å²) in [6, 6.07) is 4.06. The maximum absolute atomic E-state index is 13.1. The van der Waals surface area contributed by atoms with Gasteiger partial charge < -0.3 is 14.4 Å². The fourth-order valence-electron chi connectivity index (χ4n) is 2.13. The predicted octanol–water partition coefficient (Wildman–Crippen LogP) is 1.83. The van der Waals surface area contributed by atoms with Crippen molar-refractivity contribution in [3.8, 4) is 0 Å². The molecular formula is C14H15FINO4. The second kappa shape index (κ2) is 7.17. The second-order valence-electron chi connectivity index (χ2n) is 4.65. The van der Waals surface area contributed by atoms with Gasteiger partial charge in [0.1, 0.15) is 5.82 Å². The van der Waals surface area contributed by atoms with Crippen molar-refractivity contribution in [2.45, 2.75) is 12.5 Å². The van der Waals surface area contributed by atoms with E-state index in [0.29, 0.717) is 28.8 Å². The lowest BCUT2D eigenvalue weighted by Gasteiger charge is -2.32. The minimum absolute atomic E-state index is 0.112. The van der Waals surface area contributed by atoms with E-state index in [-0.39, 0.29) is 30.2 Å². The number of benzene rings is 1. The standard InChI is InChI=1S/C14H15FINO4/c1-20-13(18)7-10-8-17(4-5-21-10)14(19)11-3-2-9(15)6-12(11)16/h2-3,6,10H,4-5,7-8H2,1H3. The van der Waals surface area contributed by atoms with Gasteiger partial charge in [0.25, 0.3) is 5.91 Å². The highest BCUT2D eigenvalue weighted by molar-refractivity contribution is 14.1. The van der Waals surface area contributed by atoms with Crippen molar-refractivity contribution < 1.29 is 23.5 Å². The molecule has 1 heterocycles. The monoisotopic (exact) mass is 407 g/mol. The Balaban J connectivity index is 2.06. The Morgan fingerprint density at radius 2 is 2.29 bits per heavy atom. The summed E-state index contributed by atoms with van der Waals surface area (Å²) in [6.45, 7) is 1.14. The van der Waals surface area contributed by atoms with E-state index in [2.05, 4.69) is 4.74 Å². The topological polar surface area (TPSA) is 55.8 Å². The van der Waals surface area contributed by atoms with E-state index in [1.165, 1.54) is 25.3 Å². The van der Waals surface area contributed by atoms with Gasteiger partial charge in [-0.2, -0.15) is 0 Å². The van der Waals surface area contributed by atoms with Crippen LogP contribution in [-0.4, -0.2) is 49.7 Å². The summed E-state index contributed by atoms with van der Waals surface area (Å²) in [5, 5.41) is 0. The summed E-state index contributed by atoms with van der Waals surface area (Å²) in [5.41, 5.74) is 0.454. The molecule has 1 aliphatic rings. The zero-order valence-electron chi connectivity index (χ0n) is 11.5. The molecule has 1 unspecified atom stereocenters. The van der Waals surface area contributed by atoms with Crippen LogP contribution in [0.4, 0.5) is 4.39 Å². The molecule has 1 saturated heterocycles. The number of nitrogens with zero attached hydrogens (tertiary/aromatic N) is 1. The quantitative estimate of drug-likeness (QED) is 0.567. The first-order chi connectivity index (χ1) is 10.0. The van der Waals surface area contributed by atoms with E-state index in [0.717, 1.165) is 0 Å². The van der Waals surface area contributed by atoms with Gasteiger partial charge in [-0.15, -0.1) is 0 Å². The van der Waals surface area contributed by atoms with Crippen LogP contribution in [0.25, 0.3) is 0 Å². The van der Waals surface area contributed by atoms with Crippen LogP contribution in [0.2, 0.25) is 0 Å². The van der Waals surface area contributed by atoms with E-state index in [1.54, 1.807) is 4.90 Å². The molecule has 0 N–H and O–H groups in total. The lowest BCUT2D eigenvalue weighted by molar-refractivity contribution is -0.145. The number of carbonyl (C=O) groups excluding carboxylic acids is 2. The summed E-state index contributed by atoms with van der Waals surface area (Å²) < 4.78 is 23.7. The van der Waals surface area contributed by atoms with Crippen LogP contribution >= 0.6 is 22.6 Å². The predicted molar refractivity (Wildman–Crippen MR) is 81.4 cm³/mol. The average molecular weight is 407 g/mol. The lowest BCUT2D eigenvalue weighted by Crippen LogP contribution is -2.46. The first-order valence-electron chi connectivity index (χ1n) is 6.44. The Bertz CT molecular complexity index is 552. The molecule has 0 aromatic heterocycles. The molecule has 0 radical (unpaired) electrons. The maximum atomic E-state index is 13.1. The van der Waals surface area contributed by atoms with Gasteiger partial charge in [-0.3, -0.25) is 9.59 Å². The van der Waals surface area contributed by atoms with Crippen molar-refractivity contribution in [1.29, 1.82) is 0 Å². The first kappa shape index (κ1) is 16.2. The van der Waals surface area contributed by atoms with E-state index in [9.17, 15) is 14.0 Å². The molecule has 0 spiro atoms. The Morgan fingerprint density at radius 3 is 2.95 bits per heavy atom. The van der Waals surface area contributed by atoms with Gasteiger partial charge in [0.05, 0.1) is 31.8 Å². The van der Waals surface area contributed by atoms with Crippen molar-refractivity contribution in [3.63, 3.8) is 0 Å². The van der Waals surface area contributed by atoms with Gasteiger partial charge in [0.15, 0.2) is 0 Å². The third-order valence-electron chi connectivity index (χ3n) is 3.21. The van der Waals surface area contributed by atoms with E-state index < -0.39 is 0 Å². The zero-order chi connectivity index (χ0) is 15.4. The van der Waals surface area contributed by atoms with Crippen molar-refractivity contribution in [1.82, 2.24) is 4.90 Å². The Hall–Kier alpha value is -1.22. The van der Waals surface area contributed by atoms with Gasteiger partial charge >= 0.3 is 5.97 Å². The Morgan fingerprint density at radius 1 is 1.52 bits per heavy atom. The van der Waals surface area contributed by atoms with E-state index >= 15 is 0 Å². The molecule has 1 fully saturated rings. The molecule has 0 saturated carbocycles. The van der Waals surface area contributed by atoms with Gasteiger partial charge in [-0.05, 0) is 40.8 Å². The van der Waals surface area contributed by atoms with Gasteiger partial charge in [-0.25, -0.2) is 4.39 Å². The highest BCUT2D eigenvalue weighted by Crippen LogP contribution is 2.18. The number of carbonyl (C=O) groups is 2. The highest BCUT2D eigenvalue weighted by atomic mass is 127. The molecule has 21 heavy (non-hydrogen) atoms. The van der Waals surface area contributed by atoms with Crippen molar-refractivity contribution >= 4 is 34.5 Å². The lowest BCUT2D eigenvalue weighted by atomic mass is 10.1. The van der Waals surface area contributed by atoms with Crippen molar-refractivity contribution in [3.05, 3.63) is 33.1 Å². The summed E-state index contributed by atoms with van der Waals surface area (Å²) in [7, 11) is 1.31. The molecule has 2 rings (SSSR count). The number of methoxy groups -OCH3 is 1. The van der Waals surface area contributed by atoms with Crippen molar-refractivity contribution in [2.24, 2.45) is 0 Å². The number of halogens is 2. The van der Waals surface area contributed by atoms with Crippen LogP contribution in [0.5, 0.6) is 0 Å². The number of amides is 1. The average Bonchev–Trinajstić information content (AvgIpc) is 2.47. The molecule has 1 aliphatic heterocycles. The SMILES string of the molecule is COC(=O)CC1CN(C(=O)c2ccc(F)cc2I)CCO1. The summed E-state index contributed by atoms with van der Waals surface area (Å²) in [5.74, 6) is -0.926. The molecule has 1 aromatic rings. The van der Waals surface area contributed by atoms with E-state index in [1.807, 2.05) is 22.6 Å². The number of rotatable bonds is 3. The summed E-state index contributed by atoms with van der Waals surface area (Å²) >= 11 is 1.94. The largest absolute Gasteiger partial charge is 0.469 e. The first-order valence-corrected chi connectivity index (χ1v) is 7.52. The summed E-state index contributed by atoms with van der Waals surface area (Å²) in [6.07, 6.45) is -0.255. The molecule has 5 nitrogen and oxygen atoms in total. The molecule has 1 aromatic carbocycles. The smallest absolute Gasteiger partial charge is 0.308 e. The molecule has 0 bridgehead atoms. The molecule has 114 valence electrons. The van der Waals surface area contributed by atoms with E-state index in [4.69, 9.17) is 4.74 Å². The number of esters is 1.